The van der Waals surface area contributed by atoms with Gasteiger partial charge < -0.3 is 26.0 Å². The van der Waals surface area contributed by atoms with Crippen LogP contribution in [0.5, 0.6) is 0 Å². The third kappa shape index (κ3) is 10.2. The number of hydrogen-bond acceptors (Lipinski definition) is 7. The minimum atomic E-state index is -0.615. The zero-order valence-electron chi connectivity index (χ0n) is 18.7. The molecule has 4 N–H and O–H groups in total. The van der Waals surface area contributed by atoms with Crippen molar-refractivity contribution in [2.24, 2.45) is 0 Å². The van der Waals surface area contributed by atoms with Crippen molar-refractivity contribution >= 4 is 39.7 Å². The van der Waals surface area contributed by atoms with Gasteiger partial charge in [0.15, 0.2) is 0 Å². The number of ether oxygens (including phenoxy) is 1. The molecule has 2 bridgehead atoms. The van der Waals surface area contributed by atoms with Crippen molar-refractivity contribution in [3.8, 4) is 0 Å². The molecule has 10 heteroatoms. The van der Waals surface area contributed by atoms with Gasteiger partial charge in [0.05, 0.1) is 4.47 Å². The Morgan fingerprint density at radius 1 is 1.06 bits per heavy atom. The first-order valence-electron chi connectivity index (χ1n) is 11.0. The summed E-state index contributed by atoms with van der Waals surface area (Å²) >= 11 is 3.47. The molecule has 31 heavy (non-hydrogen) atoms. The number of anilines is 2. The number of carbonyl (C=O) groups is 2. The van der Waals surface area contributed by atoms with Gasteiger partial charge in [-0.25, -0.2) is 9.78 Å². The number of fused-ring (bicyclic) bond motifs is 2. The van der Waals surface area contributed by atoms with Crippen molar-refractivity contribution in [1.29, 1.82) is 0 Å². The summed E-state index contributed by atoms with van der Waals surface area (Å²) in [5.74, 6) is 1.19. The number of carbonyl (C=O) groups excluding carboxylic acids is 2. The summed E-state index contributed by atoms with van der Waals surface area (Å²) in [5.41, 5.74) is -0.612. The van der Waals surface area contributed by atoms with Gasteiger partial charge in [-0.2, -0.15) is 4.98 Å². The molecule has 2 amide bonds. The molecule has 1 aliphatic heterocycles. The topological polar surface area (TPSA) is 117 Å². The summed E-state index contributed by atoms with van der Waals surface area (Å²) in [5, 5.41) is 12.2. The second kappa shape index (κ2) is 12.7. The number of amides is 2. The first kappa shape index (κ1) is 25.2. The minimum absolute atomic E-state index is 0.162. The highest BCUT2D eigenvalue weighted by atomic mass is 79.9. The van der Waals surface area contributed by atoms with Gasteiger partial charge in [-0.3, -0.25) is 4.79 Å². The number of hydrogen-bond donors (Lipinski definition) is 4. The summed E-state index contributed by atoms with van der Waals surface area (Å²) in [6.07, 6.45) is 7.23. The van der Waals surface area contributed by atoms with E-state index < -0.39 is 17.7 Å². The van der Waals surface area contributed by atoms with Crippen LogP contribution in [0.4, 0.5) is 16.6 Å². The van der Waals surface area contributed by atoms with Crippen molar-refractivity contribution < 1.29 is 14.3 Å². The number of nitrogens with one attached hydrogen (secondary N) is 4. The summed E-state index contributed by atoms with van der Waals surface area (Å²) in [7, 11) is 0. The maximum absolute atomic E-state index is 12.6. The molecule has 0 saturated carbocycles. The first-order chi connectivity index (χ1) is 14.7. The molecule has 174 valence electrons. The van der Waals surface area contributed by atoms with Crippen LogP contribution in [0.2, 0.25) is 0 Å². The molecular formula is C21H35BrN6O3. The predicted octanol–water partition coefficient (Wildman–Crippen LogP) is 3.82. The van der Waals surface area contributed by atoms with Crippen molar-refractivity contribution in [2.75, 3.05) is 30.3 Å². The van der Waals surface area contributed by atoms with Crippen LogP contribution in [0, 0.1) is 0 Å². The molecular weight excluding hydrogens is 464 g/mol. The maximum Gasteiger partial charge on any atom is 0.408 e. The number of aromatic nitrogens is 2. The van der Waals surface area contributed by atoms with E-state index in [4.69, 9.17) is 4.74 Å². The molecule has 9 nitrogen and oxygen atoms in total. The highest BCUT2D eigenvalue weighted by molar-refractivity contribution is 9.10. The van der Waals surface area contributed by atoms with E-state index in [0.29, 0.717) is 25.5 Å². The molecule has 0 aromatic carbocycles. The van der Waals surface area contributed by atoms with Gasteiger partial charge in [0.1, 0.15) is 17.5 Å². The van der Waals surface area contributed by atoms with E-state index in [9.17, 15) is 9.59 Å². The zero-order chi connectivity index (χ0) is 22.7. The SMILES string of the molecule is CC(C)(C)OC(=O)N[C@@H]1CCCCNc2nc(ncc2Br)NCCCCCCNC1=O. The van der Waals surface area contributed by atoms with E-state index in [1.165, 1.54) is 0 Å². The second-order valence-electron chi connectivity index (χ2n) is 8.64. The maximum atomic E-state index is 12.6. The molecule has 0 spiro atoms. The van der Waals surface area contributed by atoms with Crippen LogP contribution in [-0.2, 0) is 9.53 Å². The van der Waals surface area contributed by atoms with Gasteiger partial charge in [0, 0.05) is 25.8 Å². The van der Waals surface area contributed by atoms with Crippen molar-refractivity contribution in [3.63, 3.8) is 0 Å². The number of alkyl carbamates (subject to hydrolysis) is 1. The monoisotopic (exact) mass is 498 g/mol. The number of nitrogens with zero attached hydrogens (tertiary/aromatic N) is 2. The summed E-state index contributed by atoms with van der Waals surface area (Å²) < 4.78 is 6.13. The molecule has 2 heterocycles. The lowest BCUT2D eigenvalue weighted by molar-refractivity contribution is -0.123. The number of halogens is 1. The standard InChI is InChI=1S/C21H35BrN6O3/c1-21(2,3)31-20(30)27-16-10-6-9-11-23-17-15(22)14-26-19(28-17)25-13-8-5-4-7-12-24-18(16)29/h14,16H,4-13H2,1-3H3,(H,24,29)(H,27,30)(H2,23,25,26,28)/t16-/m1/s1. The normalized spacial score (nSPS) is 19.6. The fourth-order valence-corrected chi connectivity index (χ4v) is 3.44. The van der Waals surface area contributed by atoms with Crippen LogP contribution < -0.4 is 21.3 Å². The number of rotatable bonds is 1. The molecule has 1 aromatic rings. The molecule has 1 aromatic heterocycles. The van der Waals surface area contributed by atoms with Gasteiger partial charge >= 0.3 is 6.09 Å². The minimum Gasteiger partial charge on any atom is -0.444 e. The van der Waals surface area contributed by atoms with E-state index in [0.717, 1.165) is 55.4 Å². The Labute approximate surface area is 193 Å². The van der Waals surface area contributed by atoms with Gasteiger partial charge in [-0.05, 0) is 68.8 Å². The highest BCUT2D eigenvalue weighted by Gasteiger charge is 2.23. The summed E-state index contributed by atoms with van der Waals surface area (Å²) in [6.45, 7) is 7.49. The molecule has 0 aliphatic carbocycles. The van der Waals surface area contributed by atoms with Crippen molar-refractivity contribution in [1.82, 2.24) is 20.6 Å². The molecule has 0 saturated heterocycles. The van der Waals surface area contributed by atoms with E-state index >= 15 is 0 Å². The summed E-state index contributed by atoms with van der Waals surface area (Å²) in [4.78, 5) is 33.6. The third-order valence-corrected chi connectivity index (χ3v) is 5.23. The molecule has 0 fully saturated rings. The Balaban J connectivity index is 1.98. The third-order valence-electron chi connectivity index (χ3n) is 4.65. The van der Waals surface area contributed by atoms with Gasteiger partial charge in [0.2, 0.25) is 11.9 Å². The summed E-state index contributed by atoms with van der Waals surface area (Å²) in [6, 6.07) is -0.615. The molecule has 2 rings (SSSR count). The quantitative estimate of drug-likeness (QED) is 0.464. The average Bonchev–Trinajstić information content (AvgIpc) is 2.68. The van der Waals surface area contributed by atoms with Crippen molar-refractivity contribution in [2.45, 2.75) is 77.4 Å². The largest absolute Gasteiger partial charge is 0.444 e. The van der Waals surface area contributed by atoms with Crippen LogP contribution in [0.1, 0.15) is 65.7 Å². The van der Waals surface area contributed by atoms with Crippen molar-refractivity contribution in [3.05, 3.63) is 10.7 Å². The lowest BCUT2D eigenvalue weighted by atomic mass is 10.1. The van der Waals surface area contributed by atoms with Crippen LogP contribution in [0.25, 0.3) is 0 Å². The molecule has 0 unspecified atom stereocenters. The van der Waals surface area contributed by atoms with E-state index in [1.807, 2.05) is 0 Å². The van der Waals surface area contributed by atoms with Crippen LogP contribution in [0.3, 0.4) is 0 Å². The molecule has 0 radical (unpaired) electrons. The molecule has 1 atom stereocenters. The van der Waals surface area contributed by atoms with Gasteiger partial charge in [-0.1, -0.05) is 12.8 Å². The van der Waals surface area contributed by atoms with E-state index in [-0.39, 0.29) is 5.91 Å². The second-order valence-corrected chi connectivity index (χ2v) is 9.50. The van der Waals surface area contributed by atoms with Gasteiger partial charge in [-0.15, -0.1) is 0 Å². The Morgan fingerprint density at radius 2 is 1.71 bits per heavy atom. The lowest BCUT2D eigenvalue weighted by Crippen LogP contribution is -2.48. The van der Waals surface area contributed by atoms with Crippen LogP contribution >= 0.6 is 15.9 Å². The Morgan fingerprint density at radius 3 is 2.42 bits per heavy atom. The fraction of sp³-hybridized carbons (Fsp3) is 0.714. The Kier molecular flexibility index (Phi) is 10.3. The molecule has 1 aliphatic rings. The Hall–Kier alpha value is -2.10. The smallest absolute Gasteiger partial charge is 0.408 e. The predicted molar refractivity (Wildman–Crippen MR) is 125 cm³/mol. The zero-order valence-corrected chi connectivity index (χ0v) is 20.3. The van der Waals surface area contributed by atoms with Gasteiger partial charge in [0.25, 0.3) is 0 Å². The Bertz CT molecular complexity index is 726. The first-order valence-corrected chi connectivity index (χ1v) is 11.8. The van der Waals surface area contributed by atoms with E-state index in [1.54, 1.807) is 27.0 Å². The lowest BCUT2D eigenvalue weighted by Gasteiger charge is -2.23. The van der Waals surface area contributed by atoms with Crippen LogP contribution in [-0.4, -0.2) is 53.2 Å². The fourth-order valence-electron chi connectivity index (χ4n) is 3.11. The van der Waals surface area contributed by atoms with E-state index in [2.05, 4.69) is 47.2 Å². The highest BCUT2D eigenvalue weighted by Crippen LogP contribution is 2.20. The van der Waals surface area contributed by atoms with Crippen LogP contribution in [0.15, 0.2) is 10.7 Å². The average molecular weight is 499 g/mol.